The van der Waals surface area contributed by atoms with Crippen molar-refractivity contribution in [1.82, 2.24) is 0 Å². The fraction of sp³-hybridized carbons (Fsp3) is 0. The molecule has 7 nitrogen and oxygen atoms in total. The van der Waals surface area contributed by atoms with E-state index in [4.69, 9.17) is 24.6 Å². The molecule has 0 amide bonds. The minimum atomic E-state index is -4.03. The summed E-state index contributed by atoms with van der Waals surface area (Å²) in [4.78, 5) is 14.3. The summed E-state index contributed by atoms with van der Waals surface area (Å²) in [5, 5.41) is 0. The Balaban J connectivity index is -0.0000000720. The standard InChI is InChI=1S/H2O3Si.2H2O.2O.W/c1-4(2)3;;;;;/h1-2H;2*1H2;;;/q;;;;;+1/p-1. The molecule has 0 atom stereocenters. The first-order chi connectivity index (χ1) is 3.46. The van der Waals surface area contributed by atoms with E-state index in [-0.39, 0.29) is 5.48 Å². The van der Waals surface area contributed by atoms with Gasteiger partial charge in [-0.15, -0.1) is 0 Å². The van der Waals surface area contributed by atoms with E-state index in [9.17, 15) is 0 Å². The fourth-order valence-electron chi connectivity index (χ4n) is 0. The molecule has 0 aromatic rings. The Labute approximate surface area is 57.4 Å². The molecular formula is H5O7SiW. The monoisotopic (exact) mass is 329 g/mol. The molecule has 0 spiro atoms. The molecule has 0 rings (SSSR count). The molecule has 9 heavy (non-hydrogen) atoms. The zero-order valence-electron chi connectivity index (χ0n) is 3.97. The molecule has 0 saturated heterocycles. The molecule has 0 radical (unpaired) electrons. The zero-order chi connectivity index (χ0) is 7.15. The second kappa shape index (κ2) is 10.7. The van der Waals surface area contributed by atoms with Crippen molar-refractivity contribution >= 4 is 9.17 Å². The Morgan fingerprint density at radius 3 is 1.22 bits per heavy atom. The Bertz CT molecular complexity index is 111. The molecule has 5 N–H and O–H groups in total. The topological polar surface area (TPSA) is 143 Å². The van der Waals surface area contributed by atoms with Crippen LogP contribution in [-0.4, -0.2) is 28.0 Å². The molecule has 0 heterocycles. The molecule has 9 heteroatoms. The van der Waals surface area contributed by atoms with Gasteiger partial charge < -0.3 is 15.1 Å². The molecule has 57 valence electrons. The van der Waals surface area contributed by atoms with Crippen LogP contribution in [0.15, 0.2) is 0 Å². The molecule has 0 unspecified atom stereocenters. The van der Waals surface area contributed by atoms with Crippen LogP contribution < -0.4 is 0 Å². The van der Waals surface area contributed by atoms with Crippen LogP contribution in [0.25, 0.3) is 0 Å². The van der Waals surface area contributed by atoms with Gasteiger partial charge in [-0.1, -0.05) is 0 Å². The first-order valence-corrected chi connectivity index (χ1v) is 6.18. The van der Waals surface area contributed by atoms with E-state index in [2.05, 4.69) is 0 Å². The maximum atomic E-state index is 8.74. The van der Waals surface area contributed by atoms with Gasteiger partial charge in [0.25, 0.3) is 0 Å². The van der Waals surface area contributed by atoms with Crippen molar-refractivity contribution in [3.05, 3.63) is 0 Å². The van der Waals surface area contributed by atoms with Gasteiger partial charge in [0.2, 0.25) is 0 Å². The van der Waals surface area contributed by atoms with Crippen LogP contribution in [0.1, 0.15) is 0 Å². The van der Waals surface area contributed by atoms with Crippen molar-refractivity contribution in [2.45, 2.75) is 0 Å². The van der Waals surface area contributed by atoms with Crippen LogP contribution in [0, 0.1) is 0 Å². The molecule has 0 saturated carbocycles. The van der Waals surface area contributed by atoms with E-state index in [0.29, 0.717) is 0 Å². The van der Waals surface area contributed by atoms with Gasteiger partial charge in [0, 0.05) is 0 Å². The summed E-state index contributed by atoms with van der Waals surface area (Å²) in [5.41, 5.74) is 0. The van der Waals surface area contributed by atoms with Gasteiger partial charge in [0.05, 0.1) is 0 Å². The van der Waals surface area contributed by atoms with Crippen LogP contribution in [0.5, 0.6) is 0 Å². The second-order valence-electron chi connectivity index (χ2n) is 0.500. The van der Waals surface area contributed by atoms with Gasteiger partial charge in [-0.25, -0.2) is 0 Å². The number of hydrogen-bond donors (Lipinski definition) is 3. The van der Waals surface area contributed by atoms with Gasteiger partial charge in [-0.05, 0) is 0 Å². The average Bonchev–Trinajstić information content (AvgIpc) is 1.25. The van der Waals surface area contributed by atoms with E-state index in [1.165, 1.54) is 0 Å². The summed E-state index contributed by atoms with van der Waals surface area (Å²) in [6.07, 6.45) is 0. The summed E-state index contributed by atoms with van der Waals surface area (Å²) in [7, 11) is -3.13. The molecule has 0 fully saturated rings. The van der Waals surface area contributed by atoms with Crippen LogP contribution >= 0.6 is 0 Å². The third-order valence-corrected chi connectivity index (χ3v) is 0. The SMILES string of the molecule is O.O=[Si](O)O.[O]=[W](=[O])[OH]. The average molecular weight is 329 g/mol. The fourth-order valence-corrected chi connectivity index (χ4v) is 0. The molecule has 0 aromatic heterocycles. The normalized spacial score (nSPS) is 5.44. The molecule has 0 bridgehead atoms. The molecule has 0 aliphatic heterocycles. The van der Waals surface area contributed by atoms with Gasteiger partial charge in [-0.3, -0.25) is 4.46 Å². The van der Waals surface area contributed by atoms with Gasteiger partial charge in [0.1, 0.15) is 0 Å². The van der Waals surface area contributed by atoms with E-state index in [1.54, 1.807) is 0 Å². The maximum absolute atomic E-state index is 8.74. The van der Waals surface area contributed by atoms with Crippen molar-refractivity contribution in [3.8, 4) is 0 Å². The van der Waals surface area contributed by atoms with Crippen molar-refractivity contribution < 1.29 is 47.7 Å². The molecule has 0 aliphatic rings. The van der Waals surface area contributed by atoms with Crippen molar-refractivity contribution in [2.75, 3.05) is 0 Å². The van der Waals surface area contributed by atoms with E-state index in [1.807, 2.05) is 0 Å². The van der Waals surface area contributed by atoms with E-state index >= 15 is 0 Å². The quantitative estimate of drug-likeness (QED) is 0.399. The summed E-state index contributed by atoms with van der Waals surface area (Å²) in [6.45, 7) is 0. The van der Waals surface area contributed by atoms with Crippen molar-refractivity contribution in [1.29, 1.82) is 0 Å². The third-order valence-electron chi connectivity index (χ3n) is 0. The van der Waals surface area contributed by atoms with Gasteiger partial charge >= 0.3 is 37.3 Å². The van der Waals surface area contributed by atoms with Crippen molar-refractivity contribution in [3.63, 3.8) is 0 Å². The van der Waals surface area contributed by atoms with Crippen LogP contribution in [0.4, 0.5) is 0 Å². The predicted molar refractivity (Wildman–Crippen MR) is 18.1 cm³/mol. The first kappa shape index (κ1) is 15.9. The minimum absolute atomic E-state index is 0. The van der Waals surface area contributed by atoms with Gasteiger partial charge in [0.15, 0.2) is 0 Å². The summed E-state index contributed by atoms with van der Waals surface area (Å²) in [6, 6.07) is 0. The summed E-state index contributed by atoms with van der Waals surface area (Å²) in [5.74, 6) is 0. The first-order valence-electron chi connectivity index (χ1n) is 1.17. The zero-order valence-corrected chi connectivity index (χ0v) is 7.91. The second-order valence-corrected chi connectivity index (χ2v) is 2.62. The van der Waals surface area contributed by atoms with Crippen LogP contribution in [-0.2, 0) is 28.9 Å². The third kappa shape index (κ3) is 8690. The Hall–Kier alpha value is -0.175. The van der Waals surface area contributed by atoms with Crippen LogP contribution in [0.3, 0.4) is 0 Å². The van der Waals surface area contributed by atoms with E-state index in [0.717, 1.165) is 0 Å². The Morgan fingerprint density at radius 2 is 1.22 bits per heavy atom. The number of hydrogen-bond acceptors (Lipinski definition) is 3. The number of rotatable bonds is 0. The molecule has 0 aromatic carbocycles. The predicted octanol–water partition coefficient (Wildman–Crippen LogP) is -3.24. The Kier molecular flexibility index (Phi) is 19.0. The van der Waals surface area contributed by atoms with Gasteiger partial charge in [-0.2, -0.15) is 0 Å². The molecule has 0 aliphatic carbocycles. The Morgan fingerprint density at radius 1 is 1.22 bits per heavy atom. The van der Waals surface area contributed by atoms with E-state index < -0.39 is 26.8 Å². The van der Waals surface area contributed by atoms with Crippen LogP contribution in [0.2, 0.25) is 0 Å². The summed E-state index contributed by atoms with van der Waals surface area (Å²) < 4.78 is 33.3. The summed E-state index contributed by atoms with van der Waals surface area (Å²) >= 11 is -4.03. The van der Waals surface area contributed by atoms with Crippen molar-refractivity contribution in [2.24, 2.45) is 0 Å². The molecular weight excluding hydrogens is 324 g/mol.